The molecule has 6 heteroatoms. The van der Waals surface area contributed by atoms with Crippen LogP contribution in [0, 0.1) is 5.41 Å². The van der Waals surface area contributed by atoms with Crippen molar-refractivity contribution in [2.24, 2.45) is 11.1 Å². The Morgan fingerprint density at radius 2 is 1.96 bits per heavy atom. The Morgan fingerprint density at radius 1 is 1.28 bits per heavy atom. The third kappa shape index (κ3) is 3.10. The molecule has 2 unspecified atom stereocenters. The fourth-order valence-corrected chi connectivity index (χ4v) is 3.44. The average Bonchev–Trinajstić information content (AvgIpc) is 3.05. The Labute approximate surface area is 149 Å². The molecule has 0 radical (unpaired) electrons. The molecular weight excluding hydrogens is 316 g/mol. The molecule has 0 aliphatic heterocycles. The molecular formula is C19H28N4O2. The highest BCUT2D eigenvalue weighted by atomic mass is 16.5. The first-order chi connectivity index (χ1) is 11.8. The Hall–Kier alpha value is -1.76. The first-order valence-electron chi connectivity index (χ1n) is 8.76. The average molecular weight is 344 g/mol. The van der Waals surface area contributed by atoms with E-state index in [2.05, 4.69) is 55.1 Å². The number of aromatic nitrogens is 2. The van der Waals surface area contributed by atoms with Crippen molar-refractivity contribution in [3.05, 3.63) is 35.7 Å². The summed E-state index contributed by atoms with van der Waals surface area (Å²) in [6.45, 7) is 7.76. The highest BCUT2D eigenvalue weighted by molar-refractivity contribution is 5.54. The van der Waals surface area contributed by atoms with E-state index in [1.807, 2.05) is 19.1 Å². The molecule has 2 N–H and O–H groups in total. The Balaban J connectivity index is 1.79. The number of rotatable bonds is 6. The van der Waals surface area contributed by atoms with E-state index in [1.54, 1.807) is 0 Å². The standard InChI is InChI=1S/C19H28N4O2/c1-6-24-15-11-19(20,18(15,2)3)17-21-16(22-25-17)14-9-7-13(8-10-14)12-23(4)5/h7-10,15H,6,11-12,20H2,1-5H3. The van der Waals surface area contributed by atoms with Gasteiger partial charge in [0.15, 0.2) is 0 Å². The highest BCUT2D eigenvalue weighted by Gasteiger charge is 2.62. The normalized spacial score (nSPS) is 25.2. The maximum atomic E-state index is 6.61. The second kappa shape index (κ2) is 6.52. The summed E-state index contributed by atoms with van der Waals surface area (Å²) < 4.78 is 11.3. The maximum Gasteiger partial charge on any atom is 0.247 e. The molecule has 0 amide bonds. The molecule has 136 valence electrons. The second-order valence-electron chi connectivity index (χ2n) is 7.70. The SMILES string of the molecule is CCOC1CC(N)(c2nc(-c3ccc(CN(C)C)cc3)no2)C1(C)C. The van der Waals surface area contributed by atoms with Gasteiger partial charge in [-0.2, -0.15) is 4.98 Å². The smallest absolute Gasteiger partial charge is 0.247 e. The van der Waals surface area contributed by atoms with Crippen LogP contribution in [0.25, 0.3) is 11.4 Å². The van der Waals surface area contributed by atoms with Crippen molar-refractivity contribution in [3.8, 4) is 11.4 Å². The van der Waals surface area contributed by atoms with E-state index >= 15 is 0 Å². The number of nitrogens with two attached hydrogens (primary N) is 1. The van der Waals surface area contributed by atoms with E-state index in [9.17, 15) is 0 Å². The van der Waals surface area contributed by atoms with Crippen LogP contribution in [0.5, 0.6) is 0 Å². The molecule has 1 fully saturated rings. The summed E-state index contributed by atoms with van der Waals surface area (Å²) >= 11 is 0. The van der Waals surface area contributed by atoms with Gasteiger partial charge in [-0.05, 0) is 26.6 Å². The van der Waals surface area contributed by atoms with Crippen LogP contribution in [0.15, 0.2) is 28.8 Å². The van der Waals surface area contributed by atoms with Crippen LogP contribution in [0.3, 0.4) is 0 Å². The van der Waals surface area contributed by atoms with Gasteiger partial charge in [0.05, 0.1) is 6.10 Å². The van der Waals surface area contributed by atoms with E-state index in [1.165, 1.54) is 5.56 Å². The van der Waals surface area contributed by atoms with Gasteiger partial charge >= 0.3 is 0 Å². The van der Waals surface area contributed by atoms with Crippen molar-refractivity contribution in [1.82, 2.24) is 15.0 Å². The minimum Gasteiger partial charge on any atom is -0.378 e. The highest BCUT2D eigenvalue weighted by Crippen LogP contribution is 2.55. The van der Waals surface area contributed by atoms with Crippen LogP contribution >= 0.6 is 0 Å². The van der Waals surface area contributed by atoms with E-state index in [0.717, 1.165) is 12.1 Å². The van der Waals surface area contributed by atoms with Crippen molar-refractivity contribution in [1.29, 1.82) is 0 Å². The Morgan fingerprint density at radius 3 is 2.52 bits per heavy atom. The lowest BCUT2D eigenvalue weighted by atomic mass is 9.54. The summed E-state index contributed by atoms with van der Waals surface area (Å²) in [4.78, 5) is 6.72. The number of hydrogen-bond acceptors (Lipinski definition) is 6. The Kier molecular flexibility index (Phi) is 4.70. The van der Waals surface area contributed by atoms with Crippen molar-refractivity contribution >= 4 is 0 Å². The first kappa shape index (κ1) is 18.0. The first-order valence-corrected chi connectivity index (χ1v) is 8.76. The van der Waals surface area contributed by atoms with Gasteiger partial charge in [-0.3, -0.25) is 0 Å². The van der Waals surface area contributed by atoms with Gasteiger partial charge in [0.1, 0.15) is 5.54 Å². The third-order valence-electron chi connectivity index (χ3n) is 5.35. The zero-order valence-electron chi connectivity index (χ0n) is 15.7. The molecule has 1 aromatic carbocycles. The minimum atomic E-state index is -0.650. The molecule has 25 heavy (non-hydrogen) atoms. The number of benzene rings is 1. The summed E-state index contributed by atoms with van der Waals surface area (Å²) in [6, 6.07) is 8.21. The van der Waals surface area contributed by atoms with Crippen molar-refractivity contribution in [2.75, 3.05) is 20.7 Å². The van der Waals surface area contributed by atoms with E-state index in [-0.39, 0.29) is 11.5 Å². The molecule has 2 atom stereocenters. The van der Waals surface area contributed by atoms with Crippen LogP contribution in [0.4, 0.5) is 0 Å². The molecule has 1 aliphatic rings. The molecule has 0 bridgehead atoms. The van der Waals surface area contributed by atoms with Crippen LogP contribution in [-0.4, -0.2) is 41.8 Å². The topological polar surface area (TPSA) is 77.4 Å². The molecule has 1 heterocycles. The summed E-state index contributed by atoms with van der Waals surface area (Å²) in [5.41, 5.74) is 7.89. The third-order valence-corrected chi connectivity index (χ3v) is 5.35. The molecule has 6 nitrogen and oxygen atoms in total. The van der Waals surface area contributed by atoms with Crippen LogP contribution < -0.4 is 5.73 Å². The van der Waals surface area contributed by atoms with Crippen molar-refractivity contribution < 1.29 is 9.26 Å². The second-order valence-corrected chi connectivity index (χ2v) is 7.70. The number of ether oxygens (including phenoxy) is 1. The summed E-state index contributed by atoms with van der Waals surface area (Å²) in [7, 11) is 4.10. The zero-order chi connectivity index (χ0) is 18.2. The Bertz CT molecular complexity index is 723. The molecule has 1 aliphatic carbocycles. The largest absolute Gasteiger partial charge is 0.378 e. The predicted molar refractivity (Wildman–Crippen MR) is 96.8 cm³/mol. The summed E-state index contributed by atoms with van der Waals surface area (Å²) in [6.07, 6.45) is 0.806. The van der Waals surface area contributed by atoms with Gasteiger partial charge in [0.2, 0.25) is 11.7 Å². The number of nitrogens with zero attached hydrogens (tertiary/aromatic N) is 3. The monoisotopic (exact) mass is 344 g/mol. The quantitative estimate of drug-likeness (QED) is 0.868. The maximum absolute atomic E-state index is 6.61. The van der Waals surface area contributed by atoms with E-state index in [4.69, 9.17) is 15.0 Å². The van der Waals surface area contributed by atoms with Gasteiger partial charge in [0.25, 0.3) is 0 Å². The molecule has 1 aromatic heterocycles. The van der Waals surface area contributed by atoms with Crippen LogP contribution in [0.1, 0.15) is 38.6 Å². The van der Waals surface area contributed by atoms with Crippen LogP contribution in [-0.2, 0) is 16.8 Å². The van der Waals surface area contributed by atoms with Gasteiger partial charge in [0, 0.05) is 30.6 Å². The van der Waals surface area contributed by atoms with Gasteiger partial charge < -0.3 is 19.9 Å². The lowest BCUT2D eigenvalue weighted by molar-refractivity contribution is -0.162. The lowest BCUT2D eigenvalue weighted by Gasteiger charge is -2.56. The predicted octanol–water partition coefficient (Wildman–Crippen LogP) is 2.79. The molecule has 0 spiro atoms. The summed E-state index contributed by atoms with van der Waals surface area (Å²) in [5, 5.41) is 4.14. The molecule has 3 rings (SSSR count). The van der Waals surface area contributed by atoms with E-state index < -0.39 is 5.54 Å². The molecule has 0 saturated heterocycles. The lowest BCUT2D eigenvalue weighted by Crippen LogP contribution is -2.67. The number of hydrogen-bond donors (Lipinski definition) is 1. The zero-order valence-corrected chi connectivity index (χ0v) is 15.7. The summed E-state index contributed by atoms with van der Waals surface area (Å²) in [5.74, 6) is 1.06. The van der Waals surface area contributed by atoms with E-state index in [0.29, 0.717) is 24.7 Å². The van der Waals surface area contributed by atoms with Gasteiger partial charge in [-0.1, -0.05) is 43.3 Å². The molecule has 1 saturated carbocycles. The van der Waals surface area contributed by atoms with Crippen LogP contribution in [0.2, 0.25) is 0 Å². The fraction of sp³-hybridized carbons (Fsp3) is 0.579. The molecule has 2 aromatic rings. The van der Waals surface area contributed by atoms with Crippen molar-refractivity contribution in [2.45, 2.75) is 45.4 Å². The van der Waals surface area contributed by atoms with Gasteiger partial charge in [-0.25, -0.2) is 0 Å². The van der Waals surface area contributed by atoms with Crippen molar-refractivity contribution in [3.63, 3.8) is 0 Å². The van der Waals surface area contributed by atoms with Gasteiger partial charge in [-0.15, -0.1) is 0 Å². The minimum absolute atomic E-state index is 0.114. The fourth-order valence-electron chi connectivity index (χ4n) is 3.44.